The van der Waals surface area contributed by atoms with E-state index in [0.717, 1.165) is 5.56 Å². The van der Waals surface area contributed by atoms with Crippen LogP contribution < -0.4 is 0 Å². The molecule has 0 fully saturated rings. The van der Waals surface area contributed by atoms with E-state index in [4.69, 9.17) is 46.4 Å². The molecule has 0 spiro atoms. The summed E-state index contributed by atoms with van der Waals surface area (Å²) in [7, 11) is 0. The van der Waals surface area contributed by atoms with Gasteiger partial charge in [0.1, 0.15) is 0 Å². The molecule has 0 aliphatic heterocycles. The smallest absolute Gasteiger partial charge is 0.201 e. The maximum Gasteiger partial charge on any atom is 0.226 e. The second-order valence-electron chi connectivity index (χ2n) is 4.65. The van der Waals surface area contributed by atoms with Crippen LogP contribution >= 0.6 is 46.4 Å². The van der Waals surface area contributed by atoms with Crippen molar-refractivity contribution < 1.29 is 0 Å². The van der Waals surface area contributed by atoms with E-state index in [-0.39, 0.29) is 5.28 Å². The Hall–Kier alpha value is -1.26. The minimum Gasteiger partial charge on any atom is -0.201 e. The Balaban J connectivity index is 2.17. The number of hydrogen-bond acceptors (Lipinski definition) is 2. The first-order chi connectivity index (χ1) is 10.5. The zero-order valence-electron chi connectivity index (χ0n) is 11.3. The summed E-state index contributed by atoms with van der Waals surface area (Å²) in [5.74, 6) is 0.431. The third-order valence-electron chi connectivity index (χ3n) is 3.11. The van der Waals surface area contributed by atoms with E-state index in [1.807, 2.05) is 25.1 Å². The Morgan fingerprint density at radius 1 is 0.955 bits per heavy atom. The highest BCUT2D eigenvalue weighted by Gasteiger charge is 2.17. The van der Waals surface area contributed by atoms with E-state index in [9.17, 15) is 0 Å². The van der Waals surface area contributed by atoms with E-state index < -0.39 is 0 Å². The molecule has 0 unspecified atom stereocenters. The summed E-state index contributed by atoms with van der Waals surface area (Å²) in [6, 6.07) is 10.7. The lowest BCUT2D eigenvalue weighted by Gasteiger charge is -2.09. The number of hydrogen-bond donors (Lipinski definition) is 0. The highest BCUT2D eigenvalue weighted by atomic mass is 35.5. The second kappa shape index (κ2) is 6.09. The van der Waals surface area contributed by atoms with Gasteiger partial charge < -0.3 is 0 Å². The van der Waals surface area contributed by atoms with Crippen molar-refractivity contribution in [2.24, 2.45) is 0 Å². The maximum atomic E-state index is 6.27. The first-order valence-electron chi connectivity index (χ1n) is 6.31. The molecule has 0 aliphatic carbocycles. The number of aromatic nitrogens is 3. The van der Waals surface area contributed by atoms with Gasteiger partial charge in [-0.2, -0.15) is 4.98 Å². The molecule has 0 amide bonds. The van der Waals surface area contributed by atoms with Gasteiger partial charge in [0.25, 0.3) is 0 Å². The van der Waals surface area contributed by atoms with Gasteiger partial charge in [0, 0.05) is 10.6 Å². The predicted molar refractivity (Wildman–Crippen MR) is 91.6 cm³/mol. The molecule has 3 nitrogen and oxygen atoms in total. The molecule has 0 N–H and O–H groups in total. The van der Waals surface area contributed by atoms with E-state index in [0.29, 0.717) is 32.1 Å². The third kappa shape index (κ3) is 2.82. The quantitative estimate of drug-likeness (QED) is 0.564. The fourth-order valence-electron chi connectivity index (χ4n) is 2.15. The predicted octanol–water partition coefficient (Wildman–Crippen LogP) is 5.86. The van der Waals surface area contributed by atoms with Gasteiger partial charge in [-0.25, -0.2) is 4.68 Å². The van der Waals surface area contributed by atoms with Crippen LogP contribution in [-0.2, 0) is 0 Å². The van der Waals surface area contributed by atoms with Crippen molar-refractivity contribution in [3.63, 3.8) is 0 Å². The molecule has 1 heterocycles. The van der Waals surface area contributed by atoms with Gasteiger partial charge in [0.2, 0.25) is 5.28 Å². The summed E-state index contributed by atoms with van der Waals surface area (Å²) in [6.07, 6.45) is 0. The Morgan fingerprint density at radius 2 is 1.68 bits per heavy atom. The maximum absolute atomic E-state index is 6.27. The van der Waals surface area contributed by atoms with Gasteiger partial charge in [0.15, 0.2) is 5.82 Å². The van der Waals surface area contributed by atoms with Crippen molar-refractivity contribution in [2.75, 3.05) is 0 Å². The molecule has 0 saturated carbocycles. The standard InChI is InChI=1S/C15H9Cl4N3/c1-8-6-9(16)7-12(18)13(8)22-15(19)20-14(21-22)10-4-2-3-5-11(10)17/h2-7H,1H3. The Morgan fingerprint density at radius 3 is 2.36 bits per heavy atom. The fourth-order valence-corrected chi connectivity index (χ4v) is 3.25. The molecular formula is C15H9Cl4N3. The minimum atomic E-state index is 0.197. The summed E-state index contributed by atoms with van der Waals surface area (Å²) in [6.45, 7) is 1.88. The van der Waals surface area contributed by atoms with Crippen LogP contribution in [-0.4, -0.2) is 14.8 Å². The van der Waals surface area contributed by atoms with Crippen LogP contribution in [0, 0.1) is 6.92 Å². The van der Waals surface area contributed by atoms with Crippen molar-refractivity contribution in [1.82, 2.24) is 14.8 Å². The molecule has 0 saturated heterocycles. The first-order valence-corrected chi connectivity index (χ1v) is 7.82. The Bertz CT molecular complexity index is 835. The van der Waals surface area contributed by atoms with E-state index >= 15 is 0 Å². The lowest BCUT2D eigenvalue weighted by molar-refractivity contribution is 0.875. The zero-order valence-corrected chi connectivity index (χ0v) is 14.3. The van der Waals surface area contributed by atoms with Crippen molar-refractivity contribution in [3.05, 3.63) is 62.3 Å². The number of rotatable bonds is 2. The van der Waals surface area contributed by atoms with Crippen LogP contribution in [0.4, 0.5) is 0 Å². The summed E-state index contributed by atoms with van der Waals surface area (Å²) in [5.41, 5.74) is 2.18. The molecule has 22 heavy (non-hydrogen) atoms. The molecule has 0 bridgehead atoms. The second-order valence-corrected chi connectivity index (χ2v) is 6.24. The average Bonchev–Trinajstić information content (AvgIpc) is 2.80. The van der Waals surface area contributed by atoms with Gasteiger partial charge in [-0.3, -0.25) is 0 Å². The molecule has 112 valence electrons. The van der Waals surface area contributed by atoms with Gasteiger partial charge in [-0.1, -0.05) is 46.9 Å². The number of halogens is 4. The molecule has 0 aliphatic rings. The molecular weight excluding hydrogens is 364 g/mol. The lowest BCUT2D eigenvalue weighted by Crippen LogP contribution is -2.01. The lowest BCUT2D eigenvalue weighted by atomic mass is 10.2. The Labute approximate surface area is 147 Å². The van der Waals surface area contributed by atoms with Gasteiger partial charge in [-0.15, -0.1) is 5.10 Å². The molecule has 3 aromatic rings. The largest absolute Gasteiger partial charge is 0.226 e. The summed E-state index contributed by atoms with van der Waals surface area (Å²) < 4.78 is 1.48. The van der Waals surface area contributed by atoms with E-state index in [1.54, 1.807) is 18.2 Å². The molecule has 0 atom stereocenters. The van der Waals surface area contributed by atoms with Crippen LogP contribution in [0.25, 0.3) is 17.1 Å². The highest BCUT2D eigenvalue weighted by Crippen LogP contribution is 2.32. The molecule has 3 rings (SSSR count). The number of benzene rings is 2. The van der Waals surface area contributed by atoms with Gasteiger partial charge >= 0.3 is 0 Å². The minimum absolute atomic E-state index is 0.197. The summed E-state index contributed by atoms with van der Waals surface area (Å²) >= 11 is 24.7. The van der Waals surface area contributed by atoms with Crippen molar-refractivity contribution in [3.8, 4) is 17.1 Å². The van der Waals surface area contributed by atoms with Crippen LogP contribution in [0.3, 0.4) is 0 Å². The number of aryl methyl sites for hydroxylation is 1. The van der Waals surface area contributed by atoms with E-state index in [2.05, 4.69) is 10.1 Å². The normalized spacial score (nSPS) is 11.0. The van der Waals surface area contributed by atoms with Crippen LogP contribution in [0.1, 0.15) is 5.56 Å². The highest BCUT2D eigenvalue weighted by molar-refractivity contribution is 6.36. The van der Waals surface area contributed by atoms with Gasteiger partial charge in [-0.05, 0) is 48.4 Å². The van der Waals surface area contributed by atoms with Crippen molar-refractivity contribution >= 4 is 46.4 Å². The first kappa shape index (κ1) is 15.6. The summed E-state index contributed by atoms with van der Waals surface area (Å²) in [5, 5.41) is 6.17. The molecule has 2 aromatic carbocycles. The van der Waals surface area contributed by atoms with Crippen LogP contribution in [0.2, 0.25) is 20.4 Å². The molecule has 1 aromatic heterocycles. The summed E-state index contributed by atoms with van der Waals surface area (Å²) in [4.78, 5) is 4.26. The monoisotopic (exact) mass is 371 g/mol. The van der Waals surface area contributed by atoms with E-state index in [1.165, 1.54) is 4.68 Å². The number of nitrogens with zero attached hydrogens (tertiary/aromatic N) is 3. The SMILES string of the molecule is Cc1cc(Cl)cc(Cl)c1-n1nc(-c2ccccc2Cl)nc1Cl. The van der Waals surface area contributed by atoms with Crippen LogP contribution in [0.15, 0.2) is 36.4 Å². The third-order valence-corrected chi connectivity index (χ3v) is 4.19. The van der Waals surface area contributed by atoms with Gasteiger partial charge in [0.05, 0.1) is 15.7 Å². The molecule has 0 radical (unpaired) electrons. The topological polar surface area (TPSA) is 30.7 Å². The zero-order chi connectivity index (χ0) is 15.9. The Kier molecular flexibility index (Phi) is 4.33. The van der Waals surface area contributed by atoms with Crippen molar-refractivity contribution in [1.29, 1.82) is 0 Å². The molecule has 7 heteroatoms. The average molecular weight is 373 g/mol. The van der Waals surface area contributed by atoms with Crippen molar-refractivity contribution in [2.45, 2.75) is 6.92 Å². The van der Waals surface area contributed by atoms with Crippen LogP contribution in [0.5, 0.6) is 0 Å². The fraction of sp³-hybridized carbons (Fsp3) is 0.0667.